The Labute approximate surface area is 66.0 Å². The molecule has 0 aromatic carbocycles. The molecular formula is C8H14F2O. The van der Waals surface area contributed by atoms with Gasteiger partial charge in [-0.15, -0.1) is 0 Å². The van der Waals surface area contributed by atoms with E-state index in [9.17, 15) is 8.78 Å². The van der Waals surface area contributed by atoms with Crippen LogP contribution in [0.1, 0.15) is 25.7 Å². The number of hydrogen-bond donors (Lipinski definition) is 0. The number of hydrogen-bond acceptors (Lipinski definition) is 1. The van der Waals surface area contributed by atoms with Gasteiger partial charge >= 0.3 is 0 Å². The van der Waals surface area contributed by atoms with Crippen LogP contribution in [0.15, 0.2) is 12.2 Å². The van der Waals surface area contributed by atoms with Crippen molar-refractivity contribution in [3.8, 4) is 0 Å². The van der Waals surface area contributed by atoms with Gasteiger partial charge in [0, 0.05) is 13.7 Å². The third-order valence-electron chi connectivity index (χ3n) is 1.35. The van der Waals surface area contributed by atoms with Crippen LogP contribution in [0.2, 0.25) is 0 Å². The zero-order chi connectivity index (χ0) is 8.53. The van der Waals surface area contributed by atoms with Gasteiger partial charge in [0.2, 0.25) is 0 Å². The average molecular weight is 164 g/mol. The Hall–Kier alpha value is -0.440. The molecule has 0 N–H and O–H groups in total. The summed E-state index contributed by atoms with van der Waals surface area (Å²) >= 11 is 0. The van der Waals surface area contributed by atoms with E-state index in [0.717, 1.165) is 31.9 Å². The van der Waals surface area contributed by atoms with Crippen molar-refractivity contribution in [1.29, 1.82) is 0 Å². The predicted molar refractivity (Wildman–Crippen MR) is 40.6 cm³/mol. The molecule has 0 unspecified atom stereocenters. The molecule has 0 bridgehead atoms. The number of ether oxygens (including phenoxy) is 1. The standard InChI is InChI=1S/C8H14F2O/c1-11-7-5-3-2-4-6-8(9)10/h6H,2-5,7H2,1H3. The maximum Gasteiger partial charge on any atom is 0.266 e. The molecule has 11 heavy (non-hydrogen) atoms. The maximum absolute atomic E-state index is 11.4. The fourth-order valence-electron chi connectivity index (χ4n) is 0.779. The first-order valence-corrected chi connectivity index (χ1v) is 3.77. The number of rotatable bonds is 6. The minimum absolute atomic E-state index is 0.478. The lowest BCUT2D eigenvalue weighted by Gasteiger charge is -1.96. The second-order valence-electron chi connectivity index (χ2n) is 2.34. The Morgan fingerprint density at radius 3 is 2.55 bits per heavy atom. The Bertz CT molecular complexity index is 109. The first-order chi connectivity index (χ1) is 5.27. The molecule has 0 amide bonds. The molecule has 0 spiro atoms. The number of methoxy groups -OCH3 is 1. The molecule has 0 saturated heterocycles. The van der Waals surface area contributed by atoms with Gasteiger partial charge < -0.3 is 4.74 Å². The van der Waals surface area contributed by atoms with E-state index < -0.39 is 6.08 Å². The normalized spacial score (nSPS) is 9.73. The van der Waals surface area contributed by atoms with E-state index >= 15 is 0 Å². The Morgan fingerprint density at radius 2 is 2.00 bits per heavy atom. The van der Waals surface area contributed by atoms with Gasteiger partial charge in [-0.05, 0) is 25.3 Å². The minimum atomic E-state index is -1.57. The van der Waals surface area contributed by atoms with Crippen molar-refractivity contribution in [3.63, 3.8) is 0 Å². The summed E-state index contributed by atoms with van der Waals surface area (Å²) in [6.07, 6.45) is 2.60. The van der Waals surface area contributed by atoms with E-state index in [0.29, 0.717) is 6.42 Å². The van der Waals surface area contributed by atoms with Crippen LogP contribution in [0.3, 0.4) is 0 Å². The molecule has 0 atom stereocenters. The number of allylic oxidation sites excluding steroid dienone is 1. The van der Waals surface area contributed by atoms with Crippen LogP contribution in [0.4, 0.5) is 8.78 Å². The van der Waals surface area contributed by atoms with Gasteiger partial charge in [0.1, 0.15) is 0 Å². The highest BCUT2D eigenvalue weighted by atomic mass is 19.3. The third kappa shape index (κ3) is 9.56. The van der Waals surface area contributed by atoms with Crippen molar-refractivity contribution in [1.82, 2.24) is 0 Å². The van der Waals surface area contributed by atoms with Crippen molar-refractivity contribution in [2.24, 2.45) is 0 Å². The quantitative estimate of drug-likeness (QED) is 0.548. The summed E-state index contributed by atoms with van der Waals surface area (Å²) in [4.78, 5) is 0. The molecule has 0 heterocycles. The summed E-state index contributed by atoms with van der Waals surface area (Å²) in [5, 5.41) is 0. The Kier molecular flexibility index (Phi) is 7.36. The topological polar surface area (TPSA) is 9.23 Å². The van der Waals surface area contributed by atoms with Crippen LogP contribution in [-0.4, -0.2) is 13.7 Å². The number of unbranched alkanes of at least 4 members (excludes halogenated alkanes) is 3. The fraction of sp³-hybridized carbons (Fsp3) is 0.750. The summed E-state index contributed by atoms with van der Waals surface area (Å²) in [7, 11) is 1.64. The monoisotopic (exact) mass is 164 g/mol. The summed E-state index contributed by atoms with van der Waals surface area (Å²) in [5.41, 5.74) is 0. The molecule has 0 aromatic heterocycles. The van der Waals surface area contributed by atoms with Crippen LogP contribution in [0.5, 0.6) is 0 Å². The second-order valence-corrected chi connectivity index (χ2v) is 2.34. The second kappa shape index (κ2) is 7.66. The van der Waals surface area contributed by atoms with Crippen LogP contribution in [0.25, 0.3) is 0 Å². The molecule has 0 aliphatic carbocycles. The van der Waals surface area contributed by atoms with Crippen molar-refractivity contribution >= 4 is 0 Å². The molecule has 0 saturated carbocycles. The van der Waals surface area contributed by atoms with Gasteiger partial charge in [-0.25, -0.2) is 0 Å². The summed E-state index contributed by atoms with van der Waals surface area (Å²) in [6.45, 7) is 0.724. The molecule has 0 radical (unpaired) electrons. The smallest absolute Gasteiger partial charge is 0.266 e. The van der Waals surface area contributed by atoms with Gasteiger partial charge in [0.25, 0.3) is 6.08 Å². The first-order valence-electron chi connectivity index (χ1n) is 3.77. The van der Waals surface area contributed by atoms with Crippen molar-refractivity contribution in [2.45, 2.75) is 25.7 Å². The molecule has 0 fully saturated rings. The lowest BCUT2D eigenvalue weighted by molar-refractivity contribution is 0.192. The molecule has 0 aliphatic heterocycles. The van der Waals surface area contributed by atoms with Gasteiger partial charge in [0.05, 0.1) is 0 Å². The van der Waals surface area contributed by atoms with Gasteiger partial charge in [0.15, 0.2) is 0 Å². The minimum Gasteiger partial charge on any atom is -0.385 e. The van der Waals surface area contributed by atoms with E-state index in [2.05, 4.69) is 0 Å². The highest BCUT2D eigenvalue weighted by Crippen LogP contribution is 2.05. The van der Waals surface area contributed by atoms with E-state index in [1.807, 2.05) is 0 Å². The van der Waals surface area contributed by atoms with Gasteiger partial charge in [-0.1, -0.05) is 6.42 Å². The van der Waals surface area contributed by atoms with E-state index in [1.54, 1.807) is 7.11 Å². The van der Waals surface area contributed by atoms with Crippen LogP contribution in [0, 0.1) is 0 Å². The molecule has 66 valence electrons. The summed E-state index contributed by atoms with van der Waals surface area (Å²) in [5.74, 6) is 0. The van der Waals surface area contributed by atoms with Gasteiger partial charge in [-0.2, -0.15) is 8.78 Å². The van der Waals surface area contributed by atoms with E-state index in [4.69, 9.17) is 4.74 Å². The predicted octanol–water partition coefficient (Wildman–Crippen LogP) is 2.97. The lowest BCUT2D eigenvalue weighted by Crippen LogP contribution is -1.87. The van der Waals surface area contributed by atoms with Crippen LogP contribution < -0.4 is 0 Å². The number of halogens is 2. The fourth-order valence-corrected chi connectivity index (χ4v) is 0.779. The van der Waals surface area contributed by atoms with Gasteiger partial charge in [-0.3, -0.25) is 0 Å². The molecular weight excluding hydrogens is 150 g/mol. The largest absolute Gasteiger partial charge is 0.385 e. The molecule has 1 nitrogen and oxygen atoms in total. The maximum atomic E-state index is 11.4. The summed E-state index contributed by atoms with van der Waals surface area (Å²) in [6, 6.07) is 0. The first kappa shape index (κ1) is 10.6. The van der Waals surface area contributed by atoms with E-state index in [1.165, 1.54) is 0 Å². The lowest BCUT2D eigenvalue weighted by atomic mass is 10.2. The zero-order valence-electron chi connectivity index (χ0n) is 6.78. The summed E-state index contributed by atoms with van der Waals surface area (Å²) < 4.78 is 27.7. The van der Waals surface area contributed by atoms with Crippen LogP contribution >= 0.6 is 0 Å². The van der Waals surface area contributed by atoms with Crippen LogP contribution in [-0.2, 0) is 4.74 Å². The van der Waals surface area contributed by atoms with E-state index in [-0.39, 0.29) is 0 Å². The Morgan fingerprint density at radius 1 is 1.27 bits per heavy atom. The highest BCUT2D eigenvalue weighted by Gasteiger charge is 1.89. The van der Waals surface area contributed by atoms with Crippen molar-refractivity contribution in [2.75, 3.05) is 13.7 Å². The SMILES string of the molecule is COCCCCCC=C(F)F. The van der Waals surface area contributed by atoms with Crippen molar-refractivity contribution < 1.29 is 13.5 Å². The molecule has 0 aromatic rings. The van der Waals surface area contributed by atoms with Crippen molar-refractivity contribution in [3.05, 3.63) is 12.2 Å². The molecule has 0 aliphatic rings. The zero-order valence-corrected chi connectivity index (χ0v) is 6.78. The third-order valence-corrected chi connectivity index (χ3v) is 1.35. The highest BCUT2D eigenvalue weighted by molar-refractivity contribution is 4.79. The molecule has 0 rings (SSSR count). The Balaban J connectivity index is 2.97. The average Bonchev–Trinajstić information content (AvgIpc) is 1.96. The molecule has 3 heteroatoms.